The quantitative estimate of drug-likeness (QED) is 0.250. The van der Waals surface area contributed by atoms with Crippen molar-refractivity contribution in [1.29, 1.82) is 0 Å². The van der Waals surface area contributed by atoms with Gasteiger partial charge in [0, 0.05) is 28.1 Å². The van der Waals surface area contributed by atoms with Crippen molar-refractivity contribution in [3.8, 4) is 22.4 Å². The lowest BCUT2D eigenvalue weighted by molar-refractivity contribution is 0.591. The lowest BCUT2D eigenvalue weighted by Crippen LogP contribution is -2.14. The molecule has 174 valence electrons. The fourth-order valence-electron chi connectivity index (χ4n) is 5.22. The molecule has 0 spiro atoms. The zero-order valence-corrected chi connectivity index (χ0v) is 21.8. The molecule has 0 amide bonds. The normalized spacial score (nSPS) is 12.3. The van der Waals surface area contributed by atoms with Gasteiger partial charge < -0.3 is 4.42 Å². The van der Waals surface area contributed by atoms with Gasteiger partial charge in [0.15, 0.2) is 5.58 Å². The second-order valence-corrected chi connectivity index (χ2v) is 11.7. The number of hydrogen-bond donors (Lipinski definition) is 0. The maximum atomic E-state index is 6.55. The lowest BCUT2D eigenvalue weighted by atomic mass is 9.80. The first-order valence-corrected chi connectivity index (χ1v) is 12.8. The van der Waals surface area contributed by atoms with Crippen LogP contribution in [0.15, 0.2) is 65.2 Å². The van der Waals surface area contributed by atoms with Crippen LogP contribution in [0.3, 0.4) is 0 Å². The molecule has 0 aliphatic heterocycles. The predicted molar refractivity (Wildman–Crippen MR) is 148 cm³/mol. The van der Waals surface area contributed by atoms with Gasteiger partial charge in [-0.25, -0.2) is 4.98 Å². The molecule has 3 heterocycles. The van der Waals surface area contributed by atoms with E-state index in [4.69, 9.17) is 14.4 Å². The highest BCUT2D eigenvalue weighted by Crippen LogP contribution is 2.42. The Hall–Kier alpha value is -3.50. The van der Waals surface area contributed by atoms with Gasteiger partial charge in [-0.05, 0) is 72.7 Å². The van der Waals surface area contributed by atoms with Gasteiger partial charge in [0.25, 0.3) is 0 Å². The number of benzene rings is 3. The Labute approximate surface area is 209 Å². The second-order valence-electron chi connectivity index (χ2n) is 10.4. The van der Waals surface area contributed by atoms with E-state index in [1.54, 1.807) is 11.3 Å². The SMILES string of the molecule is Cc1nc2c(ccc3c4cccc(-c5cc(C(C)(C)C)c(-c6c(C)cccc6C)cn5)c4oc32)s1. The van der Waals surface area contributed by atoms with E-state index in [-0.39, 0.29) is 5.41 Å². The van der Waals surface area contributed by atoms with Crippen LogP contribution in [0.1, 0.15) is 42.5 Å². The van der Waals surface area contributed by atoms with Gasteiger partial charge in [0.05, 0.1) is 15.4 Å². The third-order valence-corrected chi connectivity index (χ3v) is 7.81. The van der Waals surface area contributed by atoms with Crippen LogP contribution in [-0.4, -0.2) is 9.97 Å². The standard InChI is InChI=1S/C31H28N2OS/c1-17-9-7-10-18(2)27(17)23-16-32-25(15-24(23)31(4,5)6)22-12-8-11-20-21-13-14-26-28(33-19(3)35-26)30(21)34-29(20)22/h7-16H,1-6H3. The maximum Gasteiger partial charge on any atom is 0.162 e. The van der Waals surface area contributed by atoms with Crippen molar-refractivity contribution in [2.45, 2.75) is 47.0 Å². The molecular formula is C31H28N2OS. The van der Waals surface area contributed by atoms with E-state index < -0.39 is 0 Å². The zero-order chi connectivity index (χ0) is 24.5. The summed E-state index contributed by atoms with van der Waals surface area (Å²) in [6, 6.07) is 19.4. The number of furan rings is 1. The summed E-state index contributed by atoms with van der Waals surface area (Å²) in [5.74, 6) is 0. The molecule has 3 aromatic carbocycles. The van der Waals surface area contributed by atoms with Gasteiger partial charge in [-0.2, -0.15) is 0 Å². The Kier molecular flexibility index (Phi) is 4.87. The average Bonchev–Trinajstić information content (AvgIpc) is 3.38. The molecule has 3 nitrogen and oxygen atoms in total. The van der Waals surface area contributed by atoms with E-state index in [9.17, 15) is 0 Å². The molecule has 35 heavy (non-hydrogen) atoms. The van der Waals surface area contributed by atoms with Crippen molar-refractivity contribution in [3.05, 3.63) is 82.5 Å². The molecule has 0 aliphatic rings. The number of rotatable bonds is 2. The molecule has 6 aromatic rings. The Morgan fingerprint density at radius 1 is 0.800 bits per heavy atom. The zero-order valence-electron chi connectivity index (χ0n) is 21.0. The lowest BCUT2D eigenvalue weighted by Gasteiger charge is -2.25. The monoisotopic (exact) mass is 476 g/mol. The molecule has 0 fully saturated rings. The number of aryl methyl sites for hydroxylation is 3. The van der Waals surface area contributed by atoms with Crippen molar-refractivity contribution >= 4 is 43.5 Å². The van der Waals surface area contributed by atoms with Crippen LogP contribution in [0.5, 0.6) is 0 Å². The van der Waals surface area contributed by atoms with E-state index in [1.807, 2.05) is 6.92 Å². The molecule has 0 atom stereocenters. The van der Waals surface area contributed by atoms with Gasteiger partial charge >= 0.3 is 0 Å². The third-order valence-electron chi connectivity index (χ3n) is 6.87. The first kappa shape index (κ1) is 22.0. The van der Waals surface area contributed by atoms with Crippen LogP contribution in [0.25, 0.3) is 54.5 Å². The van der Waals surface area contributed by atoms with E-state index in [0.717, 1.165) is 48.4 Å². The largest absolute Gasteiger partial charge is 0.453 e. The number of nitrogens with zero attached hydrogens (tertiary/aromatic N) is 2. The van der Waals surface area contributed by atoms with Crippen LogP contribution in [0, 0.1) is 20.8 Å². The molecular weight excluding hydrogens is 448 g/mol. The van der Waals surface area contributed by atoms with Crippen LogP contribution in [0.2, 0.25) is 0 Å². The number of hydrogen-bond acceptors (Lipinski definition) is 4. The predicted octanol–water partition coefficient (Wildman–Crippen LogP) is 9.15. The van der Waals surface area contributed by atoms with E-state index in [2.05, 4.69) is 95.4 Å². The minimum Gasteiger partial charge on any atom is -0.453 e. The van der Waals surface area contributed by atoms with Gasteiger partial charge in [-0.1, -0.05) is 51.1 Å². The van der Waals surface area contributed by atoms with Gasteiger partial charge in [0.2, 0.25) is 0 Å². The van der Waals surface area contributed by atoms with Crippen LogP contribution in [-0.2, 0) is 5.41 Å². The first-order chi connectivity index (χ1) is 16.7. The van der Waals surface area contributed by atoms with E-state index >= 15 is 0 Å². The minimum atomic E-state index is -0.0478. The van der Waals surface area contributed by atoms with Crippen molar-refractivity contribution in [2.24, 2.45) is 0 Å². The summed E-state index contributed by atoms with van der Waals surface area (Å²) < 4.78 is 7.70. The molecule has 0 bridgehead atoms. The van der Waals surface area contributed by atoms with Gasteiger partial charge in [-0.15, -0.1) is 11.3 Å². The molecule has 0 N–H and O–H groups in total. The Morgan fingerprint density at radius 3 is 2.26 bits per heavy atom. The molecule has 0 saturated carbocycles. The first-order valence-electron chi connectivity index (χ1n) is 12.0. The molecule has 0 unspecified atom stereocenters. The summed E-state index contributed by atoms with van der Waals surface area (Å²) in [5.41, 5.74) is 10.9. The summed E-state index contributed by atoms with van der Waals surface area (Å²) in [4.78, 5) is 9.75. The summed E-state index contributed by atoms with van der Waals surface area (Å²) in [6.07, 6.45) is 2.05. The molecule has 0 saturated heterocycles. The van der Waals surface area contributed by atoms with Crippen LogP contribution in [0.4, 0.5) is 0 Å². The Balaban J connectivity index is 1.62. The Bertz CT molecular complexity index is 1740. The van der Waals surface area contributed by atoms with Crippen LogP contribution < -0.4 is 0 Å². The van der Waals surface area contributed by atoms with Crippen molar-refractivity contribution in [3.63, 3.8) is 0 Å². The third kappa shape index (κ3) is 3.47. The van der Waals surface area contributed by atoms with Gasteiger partial charge in [0.1, 0.15) is 11.1 Å². The number of thiazole rings is 1. The summed E-state index contributed by atoms with van der Waals surface area (Å²) >= 11 is 1.70. The number of para-hydroxylation sites is 1. The minimum absolute atomic E-state index is 0.0478. The highest BCUT2D eigenvalue weighted by molar-refractivity contribution is 7.18. The number of aromatic nitrogens is 2. The van der Waals surface area contributed by atoms with Crippen molar-refractivity contribution in [1.82, 2.24) is 9.97 Å². The van der Waals surface area contributed by atoms with Crippen molar-refractivity contribution in [2.75, 3.05) is 0 Å². The summed E-state index contributed by atoms with van der Waals surface area (Å²) in [5, 5.41) is 3.25. The number of fused-ring (bicyclic) bond motifs is 5. The smallest absolute Gasteiger partial charge is 0.162 e. The average molecular weight is 477 g/mol. The fourth-order valence-corrected chi connectivity index (χ4v) is 6.05. The highest BCUT2D eigenvalue weighted by atomic mass is 32.1. The molecule has 0 radical (unpaired) electrons. The van der Waals surface area contributed by atoms with Gasteiger partial charge in [-0.3, -0.25) is 4.98 Å². The number of pyridine rings is 1. The van der Waals surface area contributed by atoms with E-state index in [1.165, 1.54) is 27.8 Å². The molecule has 4 heteroatoms. The summed E-state index contributed by atoms with van der Waals surface area (Å²) in [6.45, 7) is 13.2. The molecule has 6 rings (SSSR count). The molecule has 3 aromatic heterocycles. The highest BCUT2D eigenvalue weighted by Gasteiger charge is 2.23. The Morgan fingerprint density at radius 2 is 1.51 bits per heavy atom. The van der Waals surface area contributed by atoms with Crippen molar-refractivity contribution < 1.29 is 4.42 Å². The van der Waals surface area contributed by atoms with E-state index in [0.29, 0.717) is 0 Å². The second kappa shape index (κ2) is 7.76. The van der Waals surface area contributed by atoms with Crippen LogP contribution >= 0.6 is 11.3 Å². The summed E-state index contributed by atoms with van der Waals surface area (Å²) in [7, 11) is 0. The molecule has 0 aliphatic carbocycles. The maximum absolute atomic E-state index is 6.55. The topological polar surface area (TPSA) is 38.9 Å². The fraction of sp³-hybridized carbons (Fsp3) is 0.226.